The summed E-state index contributed by atoms with van der Waals surface area (Å²) in [5, 5.41) is 9.43. The monoisotopic (exact) mass is 297 g/mol. The molecule has 0 saturated heterocycles. The maximum absolute atomic E-state index is 10.8. The van der Waals surface area contributed by atoms with Gasteiger partial charge in [0, 0.05) is 0 Å². The second-order valence-corrected chi connectivity index (χ2v) is 4.69. The summed E-state index contributed by atoms with van der Waals surface area (Å²) < 4.78 is 10.4. The predicted molar refractivity (Wildman–Crippen MR) is 74.7 cm³/mol. The van der Waals surface area contributed by atoms with Crippen molar-refractivity contribution in [3.63, 3.8) is 0 Å². The van der Waals surface area contributed by atoms with E-state index in [1.807, 2.05) is 0 Å². The summed E-state index contributed by atoms with van der Waals surface area (Å²) in [6, 6.07) is 4.95. The van der Waals surface area contributed by atoms with E-state index in [-0.39, 0.29) is 17.4 Å². The second kappa shape index (κ2) is 6.98. The molecule has 0 fully saturated rings. The largest absolute Gasteiger partial charge is 0.493 e. The van der Waals surface area contributed by atoms with Gasteiger partial charge in [0.15, 0.2) is 18.1 Å². The van der Waals surface area contributed by atoms with Crippen LogP contribution in [0.2, 0.25) is 5.02 Å². The number of halogens is 1. The Kier molecular flexibility index (Phi) is 5.62. The maximum atomic E-state index is 10.8. The van der Waals surface area contributed by atoms with E-state index in [9.17, 15) is 10.1 Å². The van der Waals surface area contributed by atoms with Crippen molar-refractivity contribution in [2.45, 2.75) is 6.04 Å². The highest BCUT2D eigenvalue weighted by molar-refractivity contribution is 6.32. The maximum Gasteiger partial charge on any atom is 0.255 e. The fourth-order valence-corrected chi connectivity index (χ4v) is 1.94. The number of rotatable bonds is 6. The number of hydrogen-bond acceptors (Lipinski definition) is 5. The van der Waals surface area contributed by atoms with E-state index in [4.69, 9.17) is 26.8 Å². The van der Waals surface area contributed by atoms with E-state index in [1.165, 1.54) is 7.11 Å². The first-order valence-electron chi connectivity index (χ1n) is 5.75. The lowest BCUT2D eigenvalue weighted by atomic mass is 10.1. The van der Waals surface area contributed by atoms with Crippen LogP contribution in [0, 0.1) is 11.3 Å². The molecule has 0 aliphatic rings. The van der Waals surface area contributed by atoms with Gasteiger partial charge in [0.05, 0.1) is 18.2 Å². The summed E-state index contributed by atoms with van der Waals surface area (Å²) in [5.41, 5.74) is 5.70. The van der Waals surface area contributed by atoms with Crippen molar-refractivity contribution in [3.05, 3.63) is 22.7 Å². The molecule has 1 unspecified atom stereocenters. The number of ether oxygens (including phenoxy) is 2. The average Bonchev–Trinajstić information content (AvgIpc) is 2.36. The molecular formula is C13H16ClN3O3. The number of nitrogens with two attached hydrogens (primary N) is 1. The van der Waals surface area contributed by atoms with Gasteiger partial charge in [-0.25, -0.2) is 0 Å². The Bertz CT molecular complexity index is 540. The molecule has 7 heteroatoms. The first kappa shape index (κ1) is 16.1. The molecule has 6 nitrogen and oxygen atoms in total. The fourth-order valence-electron chi connectivity index (χ4n) is 1.67. The number of amides is 1. The Hall–Kier alpha value is -1.97. The van der Waals surface area contributed by atoms with Crippen molar-refractivity contribution in [1.29, 1.82) is 5.26 Å². The molecule has 0 saturated carbocycles. The molecule has 0 bridgehead atoms. The third-order valence-electron chi connectivity index (χ3n) is 2.56. The van der Waals surface area contributed by atoms with Crippen LogP contribution in [0.15, 0.2) is 12.1 Å². The Morgan fingerprint density at radius 3 is 2.65 bits per heavy atom. The van der Waals surface area contributed by atoms with Gasteiger partial charge in [0.2, 0.25) is 0 Å². The second-order valence-electron chi connectivity index (χ2n) is 4.28. The van der Waals surface area contributed by atoms with Crippen LogP contribution < -0.4 is 15.2 Å². The van der Waals surface area contributed by atoms with Crippen molar-refractivity contribution >= 4 is 17.5 Å². The lowest BCUT2D eigenvalue weighted by Crippen LogP contribution is -2.21. The molecule has 1 atom stereocenters. The molecule has 0 spiro atoms. The van der Waals surface area contributed by atoms with E-state index in [1.54, 1.807) is 31.1 Å². The van der Waals surface area contributed by atoms with Crippen LogP contribution in [0.1, 0.15) is 11.6 Å². The van der Waals surface area contributed by atoms with Crippen LogP contribution in [-0.2, 0) is 4.79 Å². The molecule has 20 heavy (non-hydrogen) atoms. The number of hydrogen-bond donors (Lipinski definition) is 1. The van der Waals surface area contributed by atoms with Crippen LogP contribution in [-0.4, -0.2) is 38.6 Å². The molecule has 2 N–H and O–H groups in total. The molecule has 1 aromatic carbocycles. The average molecular weight is 298 g/mol. The topological polar surface area (TPSA) is 88.6 Å². The minimum Gasteiger partial charge on any atom is -0.493 e. The minimum atomic E-state index is -0.615. The Labute approximate surface area is 122 Å². The highest BCUT2D eigenvalue weighted by atomic mass is 35.5. The minimum absolute atomic E-state index is 0.229. The number of carbonyl (C=O) groups is 1. The van der Waals surface area contributed by atoms with E-state index < -0.39 is 11.9 Å². The third kappa shape index (κ3) is 3.76. The lowest BCUT2D eigenvalue weighted by Gasteiger charge is -2.20. The van der Waals surface area contributed by atoms with E-state index in [0.29, 0.717) is 11.3 Å². The van der Waals surface area contributed by atoms with Crippen molar-refractivity contribution in [1.82, 2.24) is 4.90 Å². The van der Waals surface area contributed by atoms with E-state index in [0.717, 1.165) is 0 Å². The standard InChI is InChI=1S/C13H16ClN3O3/c1-17(2)10(6-15)8-4-9(14)13(11(5-8)19-3)20-7-12(16)18/h4-5,10H,7H2,1-3H3,(H2,16,18). The Balaban J connectivity index is 3.19. The quantitative estimate of drug-likeness (QED) is 0.856. The molecule has 1 amide bonds. The molecular weight excluding hydrogens is 282 g/mol. The molecule has 1 aromatic rings. The normalized spacial score (nSPS) is 11.8. The molecule has 0 radical (unpaired) electrons. The van der Waals surface area contributed by atoms with Crippen LogP contribution >= 0.6 is 11.6 Å². The van der Waals surface area contributed by atoms with Gasteiger partial charge in [-0.15, -0.1) is 0 Å². The summed E-state index contributed by atoms with van der Waals surface area (Å²) >= 11 is 6.12. The van der Waals surface area contributed by atoms with Gasteiger partial charge in [0.1, 0.15) is 6.04 Å². The molecule has 108 valence electrons. The first-order valence-corrected chi connectivity index (χ1v) is 6.13. The van der Waals surface area contributed by atoms with Gasteiger partial charge in [-0.2, -0.15) is 5.26 Å². The van der Waals surface area contributed by atoms with Gasteiger partial charge >= 0.3 is 0 Å². The van der Waals surface area contributed by atoms with Crippen molar-refractivity contribution < 1.29 is 14.3 Å². The summed E-state index contributed by atoms with van der Waals surface area (Å²) in [7, 11) is 5.02. The Morgan fingerprint density at radius 1 is 1.55 bits per heavy atom. The number of carbonyl (C=O) groups excluding carboxylic acids is 1. The van der Waals surface area contributed by atoms with Gasteiger partial charge < -0.3 is 15.2 Å². The van der Waals surface area contributed by atoms with Crippen LogP contribution in [0.4, 0.5) is 0 Å². The summed E-state index contributed by atoms with van der Waals surface area (Å²) in [6.07, 6.45) is 0. The van der Waals surface area contributed by atoms with Crippen molar-refractivity contribution in [3.8, 4) is 17.6 Å². The molecule has 1 rings (SSSR count). The predicted octanol–water partition coefficient (Wildman–Crippen LogP) is 1.34. The van der Waals surface area contributed by atoms with Gasteiger partial charge in [-0.05, 0) is 31.8 Å². The van der Waals surface area contributed by atoms with Crippen LogP contribution in [0.3, 0.4) is 0 Å². The molecule has 0 aliphatic heterocycles. The zero-order valence-corrected chi connectivity index (χ0v) is 12.3. The zero-order valence-electron chi connectivity index (χ0n) is 11.5. The van der Waals surface area contributed by atoms with E-state index in [2.05, 4.69) is 6.07 Å². The number of methoxy groups -OCH3 is 1. The lowest BCUT2D eigenvalue weighted by molar-refractivity contribution is -0.119. The van der Waals surface area contributed by atoms with Gasteiger partial charge in [-0.3, -0.25) is 9.69 Å². The number of nitriles is 1. The highest BCUT2D eigenvalue weighted by Gasteiger charge is 2.19. The number of benzene rings is 1. The highest BCUT2D eigenvalue weighted by Crippen LogP contribution is 2.38. The van der Waals surface area contributed by atoms with Crippen LogP contribution in [0.25, 0.3) is 0 Å². The van der Waals surface area contributed by atoms with Crippen molar-refractivity contribution in [2.75, 3.05) is 27.8 Å². The summed E-state index contributed by atoms with van der Waals surface area (Å²) in [5.74, 6) is -0.0431. The number of primary amides is 1. The summed E-state index contributed by atoms with van der Waals surface area (Å²) in [6.45, 7) is -0.301. The van der Waals surface area contributed by atoms with Crippen LogP contribution in [0.5, 0.6) is 11.5 Å². The first-order chi connectivity index (χ1) is 9.40. The van der Waals surface area contributed by atoms with Gasteiger partial charge in [0.25, 0.3) is 5.91 Å². The zero-order chi connectivity index (χ0) is 15.3. The molecule has 0 heterocycles. The number of nitrogens with zero attached hydrogens (tertiary/aromatic N) is 2. The van der Waals surface area contributed by atoms with E-state index >= 15 is 0 Å². The third-order valence-corrected chi connectivity index (χ3v) is 2.85. The van der Waals surface area contributed by atoms with Gasteiger partial charge in [-0.1, -0.05) is 11.6 Å². The smallest absolute Gasteiger partial charge is 0.255 e. The van der Waals surface area contributed by atoms with Crippen molar-refractivity contribution in [2.24, 2.45) is 5.73 Å². The SMILES string of the molecule is COc1cc(C(C#N)N(C)C)cc(Cl)c1OCC(N)=O. The summed E-state index contributed by atoms with van der Waals surface area (Å²) in [4.78, 5) is 12.5. The Morgan fingerprint density at radius 2 is 2.20 bits per heavy atom. The fraction of sp³-hybridized carbons (Fsp3) is 0.385. The molecule has 0 aliphatic carbocycles. The molecule has 0 aromatic heterocycles.